The summed E-state index contributed by atoms with van der Waals surface area (Å²) in [4.78, 5) is 8.68. The van der Waals surface area contributed by atoms with Crippen LogP contribution in [0.15, 0.2) is 6.07 Å². The molecule has 0 aliphatic heterocycles. The lowest BCUT2D eigenvalue weighted by Gasteiger charge is -2.13. The van der Waals surface area contributed by atoms with Crippen LogP contribution in [0.1, 0.15) is 32.5 Å². The van der Waals surface area contributed by atoms with E-state index < -0.39 is 0 Å². The van der Waals surface area contributed by atoms with Crippen molar-refractivity contribution in [3.8, 4) is 0 Å². The SMILES string of the molecule is CCCCNc1cc(NC(C)CN)nc(C)n1. The van der Waals surface area contributed by atoms with Crippen LogP contribution in [0, 0.1) is 6.92 Å². The van der Waals surface area contributed by atoms with Crippen LogP contribution in [0.4, 0.5) is 11.6 Å². The molecule has 1 aromatic heterocycles. The van der Waals surface area contributed by atoms with Crippen molar-refractivity contribution in [1.82, 2.24) is 9.97 Å². The summed E-state index contributed by atoms with van der Waals surface area (Å²) in [6.45, 7) is 7.62. The number of nitrogens with zero attached hydrogens (tertiary/aromatic N) is 2. The monoisotopic (exact) mass is 237 g/mol. The minimum absolute atomic E-state index is 0.216. The van der Waals surface area contributed by atoms with E-state index >= 15 is 0 Å². The molecule has 17 heavy (non-hydrogen) atoms. The molecule has 1 unspecified atom stereocenters. The normalized spacial score (nSPS) is 12.2. The molecule has 0 radical (unpaired) electrons. The molecule has 0 spiro atoms. The maximum Gasteiger partial charge on any atom is 0.132 e. The standard InChI is InChI=1S/C12H23N5/c1-4-5-6-14-11-7-12(15-9(2)8-13)17-10(3)16-11/h7,9H,4-6,8,13H2,1-3H3,(H2,14,15,16,17). The molecule has 0 aliphatic carbocycles. The average Bonchev–Trinajstić information content (AvgIpc) is 2.28. The third-order valence-corrected chi connectivity index (χ3v) is 2.42. The second-order valence-corrected chi connectivity index (χ2v) is 4.25. The lowest BCUT2D eigenvalue weighted by Crippen LogP contribution is -2.25. The number of nitrogens with two attached hydrogens (primary N) is 1. The quantitative estimate of drug-likeness (QED) is 0.630. The van der Waals surface area contributed by atoms with Crippen molar-refractivity contribution < 1.29 is 0 Å². The van der Waals surface area contributed by atoms with Gasteiger partial charge in [-0.25, -0.2) is 9.97 Å². The predicted octanol–water partition coefficient (Wildman–Crippen LogP) is 1.76. The summed E-state index contributed by atoms with van der Waals surface area (Å²) >= 11 is 0. The van der Waals surface area contributed by atoms with Crippen LogP contribution in [0.5, 0.6) is 0 Å². The third kappa shape index (κ3) is 4.99. The molecule has 4 N–H and O–H groups in total. The Balaban J connectivity index is 2.65. The maximum absolute atomic E-state index is 5.57. The van der Waals surface area contributed by atoms with Gasteiger partial charge in [0.2, 0.25) is 0 Å². The van der Waals surface area contributed by atoms with Crippen molar-refractivity contribution in [3.63, 3.8) is 0 Å². The van der Waals surface area contributed by atoms with E-state index in [9.17, 15) is 0 Å². The highest BCUT2D eigenvalue weighted by atomic mass is 15.1. The Bertz CT molecular complexity index is 340. The van der Waals surface area contributed by atoms with Gasteiger partial charge in [0, 0.05) is 25.2 Å². The van der Waals surface area contributed by atoms with Crippen LogP contribution in [-0.4, -0.2) is 29.1 Å². The Morgan fingerprint density at radius 1 is 1.35 bits per heavy atom. The molecular weight excluding hydrogens is 214 g/mol. The molecule has 1 atom stereocenters. The predicted molar refractivity (Wildman–Crippen MR) is 72.3 cm³/mol. The first-order chi connectivity index (χ1) is 8.15. The average molecular weight is 237 g/mol. The summed E-state index contributed by atoms with van der Waals surface area (Å²) in [6, 6.07) is 2.14. The van der Waals surface area contributed by atoms with Gasteiger partial charge in [-0.1, -0.05) is 13.3 Å². The number of unbranched alkanes of at least 4 members (excludes halogenated alkanes) is 1. The summed E-state index contributed by atoms with van der Waals surface area (Å²) in [7, 11) is 0. The molecule has 5 heteroatoms. The van der Waals surface area contributed by atoms with Gasteiger partial charge >= 0.3 is 0 Å². The zero-order valence-corrected chi connectivity index (χ0v) is 11.0. The molecule has 0 saturated heterocycles. The fraction of sp³-hybridized carbons (Fsp3) is 0.667. The van der Waals surface area contributed by atoms with Gasteiger partial charge in [0.1, 0.15) is 17.5 Å². The van der Waals surface area contributed by atoms with Gasteiger partial charge in [0.05, 0.1) is 0 Å². The van der Waals surface area contributed by atoms with E-state index in [0.717, 1.165) is 30.4 Å². The van der Waals surface area contributed by atoms with Gasteiger partial charge in [-0.15, -0.1) is 0 Å². The summed E-state index contributed by atoms with van der Waals surface area (Å²) in [6.07, 6.45) is 2.32. The molecule has 0 aliphatic rings. The molecule has 0 bridgehead atoms. The minimum atomic E-state index is 0.216. The summed E-state index contributed by atoms with van der Waals surface area (Å²) in [5.74, 6) is 2.46. The highest BCUT2D eigenvalue weighted by Gasteiger charge is 2.04. The van der Waals surface area contributed by atoms with Crippen molar-refractivity contribution in [1.29, 1.82) is 0 Å². The summed E-state index contributed by atoms with van der Waals surface area (Å²) in [5.41, 5.74) is 5.57. The van der Waals surface area contributed by atoms with Crippen LogP contribution in [-0.2, 0) is 0 Å². The summed E-state index contributed by atoms with van der Waals surface area (Å²) in [5, 5.41) is 6.54. The maximum atomic E-state index is 5.57. The molecule has 0 fully saturated rings. The van der Waals surface area contributed by atoms with Gasteiger partial charge < -0.3 is 16.4 Å². The van der Waals surface area contributed by atoms with Crippen molar-refractivity contribution in [2.24, 2.45) is 5.73 Å². The molecule has 1 aromatic rings. The van der Waals surface area contributed by atoms with E-state index in [0.29, 0.717) is 6.54 Å². The number of aryl methyl sites for hydroxylation is 1. The number of aromatic nitrogens is 2. The van der Waals surface area contributed by atoms with Crippen LogP contribution >= 0.6 is 0 Å². The summed E-state index contributed by atoms with van der Waals surface area (Å²) < 4.78 is 0. The van der Waals surface area contributed by atoms with Crippen LogP contribution < -0.4 is 16.4 Å². The number of nitrogens with one attached hydrogen (secondary N) is 2. The number of hydrogen-bond donors (Lipinski definition) is 3. The zero-order valence-electron chi connectivity index (χ0n) is 11.0. The first kappa shape index (κ1) is 13.7. The van der Waals surface area contributed by atoms with Crippen LogP contribution in [0.25, 0.3) is 0 Å². The number of anilines is 2. The molecule has 0 saturated carbocycles. The van der Waals surface area contributed by atoms with Crippen molar-refractivity contribution in [2.75, 3.05) is 23.7 Å². The Morgan fingerprint density at radius 3 is 2.71 bits per heavy atom. The minimum Gasteiger partial charge on any atom is -0.370 e. The topological polar surface area (TPSA) is 75.9 Å². The van der Waals surface area contributed by atoms with E-state index in [2.05, 4.69) is 27.5 Å². The van der Waals surface area contributed by atoms with Gasteiger partial charge in [0.15, 0.2) is 0 Å². The fourth-order valence-electron chi connectivity index (χ4n) is 1.44. The van der Waals surface area contributed by atoms with E-state index in [1.807, 2.05) is 19.9 Å². The molecule has 96 valence electrons. The lowest BCUT2D eigenvalue weighted by atomic mass is 10.3. The molecule has 1 rings (SSSR count). The number of hydrogen-bond acceptors (Lipinski definition) is 5. The number of rotatable bonds is 7. The fourth-order valence-corrected chi connectivity index (χ4v) is 1.44. The van der Waals surface area contributed by atoms with E-state index in [1.165, 1.54) is 6.42 Å². The second-order valence-electron chi connectivity index (χ2n) is 4.25. The van der Waals surface area contributed by atoms with E-state index in [4.69, 9.17) is 5.73 Å². The lowest BCUT2D eigenvalue weighted by molar-refractivity contribution is 0.794. The Labute approximate surface area is 103 Å². The molecule has 1 heterocycles. The Kier molecular flexibility index (Phi) is 5.69. The van der Waals surface area contributed by atoms with Gasteiger partial charge in [-0.2, -0.15) is 0 Å². The van der Waals surface area contributed by atoms with Crippen molar-refractivity contribution in [3.05, 3.63) is 11.9 Å². The van der Waals surface area contributed by atoms with Crippen molar-refractivity contribution in [2.45, 2.75) is 39.7 Å². The molecule has 0 amide bonds. The van der Waals surface area contributed by atoms with Gasteiger partial charge in [0.25, 0.3) is 0 Å². The highest BCUT2D eigenvalue weighted by Crippen LogP contribution is 2.12. The zero-order chi connectivity index (χ0) is 12.7. The van der Waals surface area contributed by atoms with E-state index in [-0.39, 0.29) is 6.04 Å². The highest BCUT2D eigenvalue weighted by molar-refractivity contribution is 5.47. The Morgan fingerprint density at radius 2 is 2.06 bits per heavy atom. The Hall–Kier alpha value is -1.36. The second kappa shape index (κ2) is 7.06. The largest absolute Gasteiger partial charge is 0.370 e. The van der Waals surface area contributed by atoms with Crippen LogP contribution in [0.3, 0.4) is 0 Å². The van der Waals surface area contributed by atoms with E-state index in [1.54, 1.807) is 0 Å². The molecule has 5 nitrogen and oxygen atoms in total. The molecular formula is C12H23N5. The smallest absolute Gasteiger partial charge is 0.132 e. The van der Waals surface area contributed by atoms with Crippen LogP contribution in [0.2, 0.25) is 0 Å². The first-order valence-corrected chi connectivity index (χ1v) is 6.21. The third-order valence-electron chi connectivity index (χ3n) is 2.42. The first-order valence-electron chi connectivity index (χ1n) is 6.21. The molecule has 0 aromatic carbocycles. The van der Waals surface area contributed by atoms with Gasteiger partial charge in [-0.3, -0.25) is 0 Å². The van der Waals surface area contributed by atoms with Crippen molar-refractivity contribution >= 4 is 11.6 Å². The van der Waals surface area contributed by atoms with Gasteiger partial charge in [-0.05, 0) is 20.3 Å².